The number of hydrogen-bond donors (Lipinski definition) is 4. The van der Waals surface area contributed by atoms with Crippen molar-refractivity contribution in [1.82, 2.24) is 15.5 Å². The van der Waals surface area contributed by atoms with E-state index in [1.54, 1.807) is 0 Å². The Bertz CT molecular complexity index is 920. The first kappa shape index (κ1) is 23.0. The molecule has 3 rings (SSSR count). The molecule has 0 aliphatic carbocycles. The van der Waals surface area contributed by atoms with E-state index in [-0.39, 0.29) is 0 Å². The first-order chi connectivity index (χ1) is 15.0. The smallest absolute Gasteiger partial charge is 0.328 e. The lowest BCUT2D eigenvalue weighted by Gasteiger charge is -2.31. The monoisotopic (exact) mass is 457 g/mol. The molecule has 16 heteroatoms. The summed E-state index contributed by atoms with van der Waals surface area (Å²) in [5, 5.41) is 21.0. The summed E-state index contributed by atoms with van der Waals surface area (Å²) in [5.74, 6) is -4.74. The zero-order valence-electron chi connectivity index (χ0n) is 16.9. The van der Waals surface area contributed by atoms with Gasteiger partial charge >= 0.3 is 29.7 Å². The van der Waals surface area contributed by atoms with Crippen molar-refractivity contribution in [3.8, 4) is 0 Å². The number of carbonyl (C=O) groups is 5. The van der Waals surface area contributed by atoms with Crippen molar-refractivity contribution in [3.05, 3.63) is 0 Å². The van der Waals surface area contributed by atoms with Crippen LogP contribution in [0.15, 0.2) is 4.99 Å². The summed E-state index contributed by atoms with van der Waals surface area (Å²) in [6, 6.07) is -1.08. The standard InChI is InChI=1S/C16H19N5O11/c1-5(22)28-4-8-9(29-6(2)23)10(30-7(3)24)11(31-8)21-12-16(32-27,20-15(21)26)13(25)19-14(17)18-12/h8-11,27H,4H2,1-3H3,(H,20,26)(H2,17,19,25)/t8-,9-,10-,11-,16?/m1/s1. The minimum atomic E-state index is -2.52. The van der Waals surface area contributed by atoms with Gasteiger partial charge in [-0.2, -0.15) is 9.88 Å². The van der Waals surface area contributed by atoms with Gasteiger partial charge < -0.3 is 18.9 Å². The number of fused-ring (bicyclic) bond motifs is 1. The molecule has 32 heavy (non-hydrogen) atoms. The highest BCUT2D eigenvalue weighted by Gasteiger charge is 2.65. The predicted octanol–water partition coefficient (Wildman–Crippen LogP) is -2.19. The molecule has 0 radical (unpaired) electrons. The van der Waals surface area contributed by atoms with E-state index in [0.717, 1.165) is 20.8 Å². The topological polar surface area (TPSA) is 215 Å². The lowest BCUT2D eigenvalue weighted by atomic mass is 10.1. The third-order valence-electron chi connectivity index (χ3n) is 4.55. The Kier molecular flexibility index (Phi) is 6.11. The van der Waals surface area contributed by atoms with E-state index in [2.05, 4.69) is 15.2 Å². The second-order valence-electron chi connectivity index (χ2n) is 6.83. The average Bonchev–Trinajstić information content (AvgIpc) is 3.14. The molecule has 0 aromatic heterocycles. The van der Waals surface area contributed by atoms with Crippen molar-refractivity contribution in [2.24, 2.45) is 4.99 Å². The number of guanidine groups is 1. The van der Waals surface area contributed by atoms with E-state index in [1.165, 1.54) is 0 Å². The number of hydrogen-bond acceptors (Lipinski definition) is 12. The van der Waals surface area contributed by atoms with Gasteiger partial charge in [0, 0.05) is 20.8 Å². The Labute approximate surface area is 179 Å². The van der Waals surface area contributed by atoms with Gasteiger partial charge in [-0.05, 0) is 0 Å². The largest absolute Gasteiger partial charge is 0.463 e. The third-order valence-corrected chi connectivity index (χ3v) is 4.55. The number of rotatable bonds is 6. The summed E-state index contributed by atoms with van der Waals surface area (Å²) in [6.07, 6.45) is -5.60. The number of carbonyl (C=O) groups excluding carboxylic acids is 5. The van der Waals surface area contributed by atoms with Crippen LogP contribution in [-0.4, -0.2) is 88.7 Å². The maximum Gasteiger partial charge on any atom is 0.328 e. The fourth-order valence-corrected chi connectivity index (χ4v) is 3.39. The highest BCUT2D eigenvalue weighted by atomic mass is 17.1. The Morgan fingerprint density at radius 1 is 1.16 bits per heavy atom. The predicted molar refractivity (Wildman–Crippen MR) is 96.5 cm³/mol. The molecule has 174 valence electrons. The van der Waals surface area contributed by atoms with Crippen LogP contribution in [0.4, 0.5) is 4.79 Å². The van der Waals surface area contributed by atoms with Crippen LogP contribution in [0.5, 0.6) is 0 Å². The SMILES string of the molecule is CC(=O)OC[C@H]1O[C@@H](N2C(=O)NC3(OO)C(=O)NC(=N)N=C23)[C@H](OC(C)=O)[C@@H]1OC(C)=O. The van der Waals surface area contributed by atoms with Crippen LogP contribution < -0.4 is 10.6 Å². The van der Waals surface area contributed by atoms with Crippen molar-refractivity contribution in [2.75, 3.05) is 6.61 Å². The normalized spacial score (nSPS) is 31.3. The Balaban J connectivity index is 2.04. The average molecular weight is 457 g/mol. The molecule has 0 bridgehead atoms. The summed E-state index contributed by atoms with van der Waals surface area (Å²) in [5.41, 5.74) is -2.52. The molecule has 0 aromatic carbocycles. The summed E-state index contributed by atoms with van der Waals surface area (Å²) >= 11 is 0. The zero-order chi connectivity index (χ0) is 23.8. The van der Waals surface area contributed by atoms with E-state index in [0.29, 0.717) is 4.90 Å². The van der Waals surface area contributed by atoms with E-state index < -0.39 is 78.5 Å². The molecule has 2 saturated heterocycles. The van der Waals surface area contributed by atoms with Crippen LogP contribution in [-0.2, 0) is 43.0 Å². The first-order valence-electron chi connectivity index (χ1n) is 9.06. The molecule has 3 aliphatic rings. The number of amidine groups is 1. The maximum atomic E-state index is 12.8. The fourth-order valence-electron chi connectivity index (χ4n) is 3.39. The van der Waals surface area contributed by atoms with Gasteiger partial charge in [0.2, 0.25) is 5.96 Å². The molecule has 1 unspecified atom stereocenters. The van der Waals surface area contributed by atoms with E-state index in [4.69, 9.17) is 24.4 Å². The Morgan fingerprint density at radius 2 is 1.78 bits per heavy atom. The van der Waals surface area contributed by atoms with Crippen molar-refractivity contribution in [3.63, 3.8) is 0 Å². The van der Waals surface area contributed by atoms with E-state index in [9.17, 15) is 29.2 Å². The molecule has 0 spiro atoms. The van der Waals surface area contributed by atoms with Gasteiger partial charge in [-0.1, -0.05) is 0 Å². The van der Waals surface area contributed by atoms with E-state index in [1.807, 2.05) is 5.32 Å². The number of nitrogens with zero attached hydrogens (tertiary/aromatic N) is 2. The van der Waals surface area contributed by atoms with E-state index >= 15 is 0 Å². The van der Waals surface area contributed by atoms with Gasteiger partial charge in [0.05, 0.1) is 0 Å². The molecular formula is C16H19N5O11. The molecule has 5 atom stereocenters. The van der Waals surface area contributed by atoms with Crippen LogP contribution in [0, 0.1) is 5.41 Å². The van der Waals surface area contributed by atoms with Gasteiger partial charge in [-0.15, -0.1) is 0 Å². The fraction of sp³-hybridized carbons (Fsp3) is 0.562. The number of nitrogens with one attached hydrogen (secondary N) is 3. The molecule has 4 N–H and O–H groups in total. The first-order valence-corrected chi connectivity index (χ1v) is 9.06. The quantitative estimate of drug-likeness (QED) is 0.145. The second-order valence-corrected chi connectivity index (χ2v) is 6.83. The minimum absolute atomic E-state index is 0.443. The van der Waals surface area contributed by atoms with Gasteiger partial charge in [0.25, 0.3) is 5.91 Å². The third kappa shape index (κ3) is 3.97. The lowest BCUT2D eigenvalue weighted by molar-refractivity contribution is -0.294. The van der Waals surface area contributed by atoms with Crippen molar-refractivity contribution in [1.29, 1.82) is 5.41 Å². The zero-order valence-corrected chi connectivity index (χ0v) is 16.9. The number of esters is 3. The van der Waals surface area contributed by atoms with Gasteiger partial charge in [0.15, 0.2) is 24.3 Å². The lowest BCUT2D eigenvalue weighted by Crippen LogP contribution is -2.64. The van der Waals surface area contributed by atoms with Crippen molar-refractivity contribution >= 4 is 41.6 Å². The molecule has 3 aliphatic heterocycles. The molecule has 2 fully saturated rings. The number of ether oxygens (including phenoxy) is 4. The van der Waals surface area contributed by atoms with Gasteiger partial charge in [-0.25, -0.2) is 15.0 Å². The Hall–Kier alpha value is -3.63. The van der Waals surface area contributed by atoms with Crippen LogP contribution in [0.1, 0.15) is 20.8 Å². The van der Waals surface area contributed by atoms with Crippen LogP contribution >= 0.6 is 0 Å². The molecule has 3 amide bonds. The minimum Gasteiger partial charge on any atom is -0.463 e. The van der Waals surface area contributed by atoms with Crippen LogP contribution in [0.2, 0.25) is 0 Å². The van der Waals surface area contributed by atoms with Crippen LogP contribution in [0.25, 0.3) is 0 Å². The summed E-state index contributed by atoms with van der Waals surface area (Å²) < 4.78 is 21.0. The van der Waals surface area contributed by atoms with Crippen LogP contribution in [0.3, 0.4) is 0 Å². The molecule has 16 nitrogen and oxygen atoms in total. The Morgan fingerprint density at radius 3 is 2.34 bits per heavy atom. The second kappa shape index (κ2) is 8.48. The molecule has 0 saturated carbocycles. The highest BCUT2D eigenvalue weighted by Crippen LogP contribution is 2.34. The number of amides is 3. The molecule has 3 heterocycles. The van der Waals surface area contributed by atoms with Crippen molar-refractivity contribution in [2.45, 2.75) is 51.0 Å². The summed E-state index contributed by atoms with van der Waals surface area (Å²) in [7, 11) is 0. The number of aliphatic imine (C=N–C) groups is 1. The summed E-state index contributed by atoms with van der Waals surface area (Å²) in [6.45, 7) is 2.80. The molecule has 0 aromatic rings. The number of urea groups is 1. The van der Waals surface area contributed by atoms with Crippen molar-refractivity contribution < 1.29 is 53.1 Å². The maximum absolute atomic E-state index is 12.8. The summed E-state index contributed by atoms with van der Waals surface area (Å²) in [4.78, 5) is 68.3. The van der Waals surface area contributed by atoms with Gasteiger partial charge in [0.1, 0.15) is 12.7 Å². The van der Waals surface area contributed by atoms with Gasteiger partial charge in [-0.3, -0.25) is 35.2 Å². The highest BCUT2D eigenvalue weighted by molar-refractivity contribution is 6.28. The molecular weight excluding hydrogens is 438 g/mol.